The molecule has 2 N–H and O–H groups in total. The van der Waals surface area contributed by atoms with Crippen molar-refractivity contribution in [2.45, 2.75) is 39.2 Å². The van der Waals surface area contributed by atoms with Crippen molar-refractivity contribution < 1.29 is 17.9 Å². The number of nitrogens with zero attached hydrogens (tertiary/aromatic N) is 2. The first-order valence-electron chi connectivity index (χ1n) is 8.43. The first-order chi connectivity index (χ1) is 12.3. The van der Waals surface area contributed by atoms with Gasteiger partial charge in [-0.15, -0.1) is 0 Å². The number of halogens is 3. The summed E-state index contributed by atoms with van der Waals surface area (Å²) in [5.41, 5.74) is 5.98. The second-order valence-electron chi connectivity index (χ2n) is 6.93. The van der Waals surface area contributed by atoms with E-state index >= 15 is 0 Å². The Hall–Kier alpha value is -2.15. The molecular weight excluding hydrogens is 343 g/mol. The molecule has 2 aromatic heterocycles. The highest BCUT2D eigenvalue weighted by molar-refractivity contribution is 5.65. The third-order valence-electron chi connectivity index (χ3n) is 4.10. The zero-order valence-electron chi connectivity index (χ0n) is 15.2. The average molecular weight is 367 g/mol. The van der Waals surface area contributed by atoms with Crippen molar-refractivity contribution in [3.05, 3.63) is 41.9 Å². The van der Waals surface area contributed by atoms with Crippen molar-refractivity contribution in [3.63, 3.8) is 0 Å². The van der Waals surface area contributed by atoms with Crippen LogP contribution >= 0.6 is 0 Å². The van der Waals surface area contributed by atoms with Gasteiger partial charge in [0, 0.05) is 18.0 Å². The highest BCUT2D eigenvalue weighted by Crippen LogP contribution is 2.36. The summed E-state index contributed by atoms with van der Waals surface area (Å²) in [7, 11) is 0. The molecule has 0 saturated carbocycles. The minimum Gasteiger partial charge on any atom is -0.489 e. The van der Waals surface area contributed by atoms with Crippen LogP contribution in [0.15, 0.2) is 30.7 Å². The van der Waals surface area contributed by atoms with E-state index in [9.17, 15) is 13.2 Å². The predicted octanol–water partition coefficient (Wildman–Crippen LogP) is 4.48. The Morgan fingerprint density at radius 3 is 2.42 bits per heavy atom. The third kappa shape index (κ3) is 4.72. The van der Waals surface area contributed by atoms with Crippen LogP contribution in [-0.2, 0) is 0 Å². The molecule has 2 rings (SSSR count). The zero-order valence-corrected chi connectivity index (χ0v) is 15.2. The maximum absolute atomic E-state index is 13.7. The normalized spacial score (nSPS) is 13.9. The molecule has 0 amide bonds. The van der Waals surface area contributed by atoms with Gasteiger partial charge in [-0.2, -0.15) is 0 Å². The van der Waals surface area contributed by atoms with Crippen molar-refractivity contribution in [2.24, 2.45) is 11.7 Å². The van der Waals surface area contributed by atoms with E-state index < -0.39 is 18.6 Å². The Labute approximate surface area is 151 Å². The van der Waals surface area contributed by atoms with Crippen LogP contribution in [-0.4, -0.2) is 28.8 Å². The van der Waals surface area contributed by atoms with Crippen molar-refractivity contribution in [3.8, 4) is 17.0 Å². The number of hydrogen-bond donors (Lipinski definition) is 1. The van der Waals surface area contributed by atoms with Gasteiger partial charge in [0.25, 0.3) is 6.43 Å². The summed E-state index contributed by atoms with van der Waals surface area (Å²) in [5.74, 6) is 0.0881. The lowest BCUT2D eigenvalue weighted by Gasteiger charge is -2.28. The Balaban J connectivity index is 2.33. The molecule has 0 aliphatic heterocycles. The monoisotopic (exact) mass is 367 g/mol. The fourth-order valence-electron chi connectivity index (χ4n) is 2.98. The van der Waals surface area contributed by atoms with Gasteiger partial charge in [0.05, 0.1) is 23.0 Å². The minimum atomic E-state index is -2.75. The second kappa shape index (κ2) is 8.49. The Morgan fingerprint density at radius 2 is 1.88 bits per heavy atom. The third-order valence-corrected chi connectivity index (χ3v) is 4.10. The lowest BCUT2D eigenvalue weighted by atomic mass is 9.92. The molecule has 2 aromatic rings. The predicted molar refractivity (Wildman–Crippen MR) is 95.0 cm³/mol. The van der Waals surface area contributed by atoms with Crippen LogP contribution in [0.3, 0.4) is 0 Å². The zero-order chi connectivity index (χ0) is 19.3. The van der Waals surface area contributed by atoms with Crippen molar-refractivity contribution in [2.75, 3.05) is 13.3 Å². The minimum absolute atomic E-state index is 0.0673. The number of alkyl halides is 3. The summed E-state index contributed by atoms with van der Waals surface area (Å²) in [6, 6.07) is 3.39. The molecule has 0 radical (unpaired) electrons. The van der Waals surface area contributed by atoms with Gasteiger partial charge in [-0.05, 0) is 37.0 Å². The van der Waals surface area contributed by atoms with E-state index in [1.165, 1.54) is 6.20 Å². The van der Waals surface area contributed by atoms with Gasteiger partial charge in [0.1, 0.15) is 19.0 Å². The first-order valence-corrected chi connectivity index (χ1v) is 8.43. The first kappa shape index (κ1) is 20.2. The van der Waals surface area contributed by atoms with Gasteiger partial charge < -0.3 is 10.5 Å². The van der Waals surface area contributed by atoms with Crippen LogP contribution in [0.2, 0.25) is 0 Å². The van der Waals surface area contributed by atoms with Gasteiger partial charge in [0.15, 0.2) is 0 Å². The van der Waals surface area contributed by atoms with Crippen LogP contribution in [0.5, 0.6) is 5.75 Å². The van der Waals surface area contributed by atoms with Crippen LogP contribution in [0.25, 0.3) is 11.3 Å². The number of rotatable bonds is 8. The molecule has 0 fully saturated rings. The Morgan fingerprint density at radius 1 is 1.23 bits per heavy atom. The van der Waals surface area contributed by atoms with Crippen molar-refractivity contribution in [1.82, 2.24) is 9.97 Å². The molecule has 0 saturated heterocycles. The molecule has 2 heterocycles. The van der Waals surface area contributed by atoms with E-state index in [2.05, 4.69) is 9.97 Å². The fraction of sp³-hybridized carbons (Fsp3) is 0.474. The van der Waals surface area contributed by atoms with Crippen LogP contribution < -0.4 is 10.5 Å². The van der Waals surface area contributed by atoms with Crippen molar-refractivity contribution in [1.29, 1.82) is 0 Å². The summed E-state index contributed by atoms with van der Waals surface area (Å²) in [4.78, 5) is 8.17. The lowest BCUT2D eigenvalue weighted by molar-refractivity contribution is 0.131. The summed E-state index contributed by atoms with van der Waals surface area (Å²) in [5, 5.41) is 0. The van der Waals surface area contributed by atoms with E-state index in [0.29, 0.717) is 23.2 Å². The standard InChI is InChI=1S/C19H24F3N3O/c1-12(2)8-19(23,10-20)11-26-15-9-25-17(13(3)16(15)18(21)22)14-4-6-24-7-5-14/h4-7,9,12,18H,8,10-11,23H2,1-3H3/t19-/m0/s1. The van der Waals surface area contributed by atoms with E-state index in [0.717, 1.165) is 0 Å². The number of pyridine rings is 2. The number of ether oxygens (including phenoxy) is 1. The maximum atomic E-state index is 13.7. The molecule has 0 spiro atoms. The second-order valence-corrected chi connectivity index (χ2v) is 6.93. The number of hydrogen-bond acceptors (Lipinski definition) is 4. The van der Waals surface area contributed by atoms with Crippen LogP contribution in [0, 0.1) is 12.8 Å². The molecule has 0 aromatic carbocycles. The van der Waals surface area contributed by atoms with Crippen LogP contribution in [0.4, 0.5) is 13.2 Å². The molecule has 0 aliphatic carbocycles. The van der Waals surface area contributed by atoms with Gasteiger partial charge in [-0.25, -0.2) is 13.2 Å². The van der Waals surface area contributed by atoms with Gasteiger partial charge >= 0.3 is 0 Å². The molecular formula is C19H24F3N3O. The Kier molecular flexibility index (Phi) is 6.58. The summed E-state index contributed by atoms with van der Waals surface area (Å²) in [6.45, 7) is 4.40. The SMILES string of the molecule is Cc1c(-c2ccncc2)ncc(OC[C@@](N)(CF)CC(C)C)c1C(F)F. The largest absolute Gasteiger partial charge is 0.489 e. The van der Waals surface area contributed by atoms with E-state index in [1.807, 2.05) is 13.8 Å². The summed E-state index contributed by atoms with van der Waals surface area (Å²) >= 11 is 0. The van der Waals surface area contributed by atoms with E-state index in [-0.39, 0.29) is 23.8 Å². The molecule has 0 bridgehead atoms. The topological polar surface area (TPSA) is 61.0 Å². The average Bonchev–Trinajstić information content (AvgIpc) is 2.60. The highest BCUT2D eigenvalue weighted by atomic mass is 19.3. The maximum Gasteiger partial charge on any atom is 0.267 e. The molecule has 142 valence electrons. The fourth-order valence-corrected chi connectivity index (χ4v) is 2.98. The molecule has 26 heavy (non-hydrogen) atoms. The van der Waals surface area contributed by atoms with Crippen molar-refractivity contribution >= 4 is 0 Å². The molecule has 1 atom stereocenters. The number of aromatic nitrogens is 2. The van der Waals surface area contributed by atoms with Gasteiger partial charge in [-0.3, -0.25) is 9.97 Å². The van der Waals surface area contributed by atoms with E-state index in [4.69, 9.17) is 10.5 Å². The van der Waals surface area contributed by atoms with E-state index in [1.54, 1.807) is 31.5 Å². The smallest absolute Gasteiger partial charge is 0.267 e. The quantitative estimate of drug-likeness (QED) is 0.747. The number of nitrogens with two attached hydrogens (primary N) is 1. The lowest BCUT2D eigenvalue weighted by Crippen LogP contribution is -2.49. The van der Waals surface area contributed by atoms with Gasteiger partial charge in [0.2, 0.25) is 0 Å². The van der Waals surface area contributed by atoms with Crippen LogP contribution in [0.1, 0.15) is 37.8 Å². The summed E-state index contributed by atoms with van der Waals surface area (Å²) in [6.07, 6.45) is 2.02. The molecule has 0 aliphatic rings. The molecule has 0 unspecified atom stereocenters. The van der Waals surface area contributed by atoms with Gasteiger partial charge in [-0.1, -0.05) is 13.8 Å². The molecule has 4 nitrogen and oxygen atoms in total. The highest BCUT2D eigenvalue weighted by Gasteiger charge is 2.29. The Bertz CT molecular complexity index is 725. The summed E-state index contributed by atoms with van der Waals surface area (Å²) < 4.78 is 46.2. The molecule has 7 heteroatoms.